The van der Waals surface area contributed by atoms with Crippen molar-refractivity contribution in [2.24, 2.45) is 11.8 Å². The molecule has 1 aliphatic heterocycles. The lowest BCUT2D eigenvalue weighted by atomic mass is 9.90. The molecule has 8 heteroatoms. The molecule has 0 bridgehead atoms. The first-order chi connectivity index (χ1) is 14.5. The fourth-order valence-electron chi connectivity index (χ4n) is 4.11. The van der Waals surface area contributed by atoms with Crippen LogP contribution >= 0.6 is 22.7 Å². The van der Waals surface area contributed by atoms with Crippen molar-refractivity contribution < 1.29 is 9.59 Å². The van der Waals surface area contributed by atoms with Crippen molar-refractivity contribution in [3.8, 4) is 0 Å². The number of thiazole rings is 1. The number of piperazine rings is 1. The first-order valence-electron chi connectivity index (χ1n) is 10.8. The third kappa shape index (κ3) is 4.86. The molecule has 2 aliphatic rings. The van der Waals surface area contributed by atoms with E-state index in [1.54, 1.807) is 22.7 Å². The minimum absolute atomic E-state index is 0.0506. The topological polar surface area (TPSA) is 65.5 Å². The molecule has 0 aromatic carbocycles. The van der Waals surface area contributed by atoms with Gasteiger partial charge in [-0.1, -0.05) is 19.9 Å². The first kappa shape index (κ1) is 21.3. The lowest BCUT2D eigenvalue weighted by Gasteiger charge is -2.35. The summed E-state index contributed by atoms with van der Waals surface area (Å²) in [4.78, 5) is 36.5. The van der Waals surface area contributed by atoms with Crippen LogP contribution in [-0.2, 0) is 28.9 Å². The highest BCUT2D eigenvalue weighted by Gasteiger charge is 2.30. The van der Waals surface area contributed by atoms with Crippen molar-refractivity contribution in [3.05, 3.63) is 33.0 Å². The number of amides is 2. The van der Waals surface area contributed by atoms with Gasteiger partial charge in [0, 0.05) is 54.3 Å². The average Bonchev–Trinajstić information content (AvgIpc) is 3.42. The lowest BCUT2D eigenvalue weighted by molar-refractivity contribution is -0.134. The summed E-state index contributed by atoms with van der Waals surface area (Å²) in [6.45, 7) is 7.80. The van der Waals surface area contributed by atoms with Crippen molar-refractivity contribution >= 4 is 39.6 Å². The smallest absolute Gasteiger partial charge is 0.225 e. The van der Waals surface area contributed by atoms with Crippen molar-refractivity contribution in [2.75, 3.05) is 37.6 Å². The Hall–Kier alpha value is -1.93. The summed E-state index contributed by atoms with van der Waals surface area (Å²) in [5.41, 5.74) is 1.17. The molecule has 6 nitrogen and oxygen atoms in total. The van der Waals surface area contributed by atoms with E-state index in [-0.39, 0.29) is 23.7 Å². The Morgan fingerprint density at radius 3 is 2.77 bits per heavy atom. The minimum Gasteiger partial charge on any atom is -0.355 e. The minimum atomic E-state index is 0.0506. The van der Waals surface area contributed by atoms with E-state index in [4.69, 9.17) is 4.98 Å². The quantitative estimate of drug-likeness (QED) is 0.741. The molecule has 0 saturated carbocycles. The number of nitrogens with zero attached hydrogens (tertiary/aromatic N) is 3. The zero-order chi connectivity index (χ0) is 21.1. The van der Waals surface area contributed by atoms with Crippen LogP contribution in [0.3, 0.4) is 0 Å². The average molecular weight is 447 g/mol. The number of anilines is 1. The lowest BCUT2D eigenvalue weighted by Crippen LogP contribution is -2.49. The summed E-state index contributed by atoms with van der Waals surface area (Å²) in [7, 11) is 0. The van der Waals surface area contributed by atoms with Crippen LogP contribution in [0.4, 0.5) is 5.13 Å². The van der Waals surface area contributed by atoms with Gasteiger partial charge in [0.2, 0.25) is 11.8 Å². The van der Waals surface area contributed by atoms with Crippen molar-refractivity contribution in [1.82, 2.24) is 15.2 Å². The molecular formula is C22H30N4O2S2. The number of carbonyl (C=O) groups is 2. The Balaban J connectivity index is 1.29. The maximum Gasteiger partial charge on any atom is 0.225 e. The summed E-state index contributed by atoms with van der Waals surface area (Å²) >= 11 is 3.47. The van der Waals surface area contributed by atoms with Crippen molar-refractivity contribution in [3.63, 3.8) is 0 Å². The van der Waals surface area contributed by atoms with E-state index < -0.39 is 0 Å². The predicted octanol–water partition coefficient (Wildman–Crippen LogP) is 2.97. The van der Waals surface area contributed by atoms with E-state index in [0.717, 1.165) is 57.0 Å². The number of fused-ring (bicyclic) bond motifs is 1. The van der Waals surface area contributed by atoms with Gasteiger partial charge in [0.15, 0.2) is 5.13 Å². The molecule has 4 rings (SSSR count). The van der Waals surface area contributed by atoms with Crippen LogP contribution in [0, 0.1) is 11.8 Å². The highest BCUT2D eigenvalue weighted by Crippen LogP contribution is 2.34. The normalized spacial score (nSPS) is 19.1. The van der Waals surface area contributed by atoms with Gasteiger partial charge in [-0.25, -0.2) is 4.98 Å². The summed E-state index contributed by atoms with van der Waals surface area (Å²) in [6, 6.07) is 4.16. The van der Waals surface area contributed by atoms with E-state index in [2.05, 4.69) is 21.7 Å². The fraction of sp³-hybridized carbons (Fsp3) is 0.591. The third-order valence-corrected chi connectivity index (χ3v) is 8.02. The van der Waals surface area contributed by atoms with E-state index in [0.29, 0.717) is 6.54 Å². The molecule has 0 radical (unpaired) electrons. The predicted molar refractivity (Wildman–Crippen MR) is 122 cm³/mol. The Morgan fingerprint density at radius 2 is 2.07 bits per heavy atom. The van der Waals surface area contributed by atoms with Gasteiger partial charge >= 0.3 is 0 Å². The third-order valence-electron chi connectivity index (χ3n) is 5.91. The van der Waals surface area contributed by atoms with Gasteiger partial charge in [0.1, 0.15) is 0 Å². The number of hydrogen-bond acceptors (Lipinski definition) is 6. The van der Waals surface area contributed by atoms with Gasteiger partial charge in [-0.2, -0.15) is 0 Å². The van der Waals surface area contributed by atoms with Gasteiger partial charge < -0.3 is 15.1 Å². The number of aryl methyl sites for hydroxylation is 1. The van der Waals surface area contributed by atoms with Crippen LogP contribution in [-0.4, -0.2) is 54.4 Å². The van der Waals surface area contributed by atoms with Gasteiger partial charge in [-0.05, 0) is 37.1 Å². The summed E-state index contributed by atoms with van der Waals surface area (Å²) in [6.07, 6.45) is 3.44. The van der Waals surface area contributed by atoms with Gasteiger partial charge in [0.25, 0.3) is 0 Å². The highest BCUT2D eigenvalue weighted by molar-refractivity contribution is 7.15. The van der Waals surface area contributed by atoms with E-state index in [1.807, 2.05) is 24.8 Å². The fourth-order valence-corrected chi connectivity index (χ4v) is 6.06. The number of rotatable bonds is 6. The largest absolute Gasteiger partial charge is 0.355 e. The Bertz CT molecular complexity index is 870. The van der Waals surface area contributed by atoms with Crippen molar-refractivity contribution in [1.29, 1.82) is 0 Å². The zero-order valence-electron chi connectivity index (χ0n) is 17.7. The van der Waals surface area contributed by atoms with Crippen LogP contribution < -0.4 is 10.2 Å². The standard InChI is InChI=1S/C22H30N4O2S2/c1-15(2)21(28)25-9-11-26(12-10-25)22-24-18-6-5-16(14-19(18)30-22)20(27)23-8-7-17-4-3-13-29-17/h3-4,13,15-16H,5-12,14H2,1-2H3,(H,23,27)/t16-/m0/s1. The molecule has 30 heavy (non-hydrogen) atoms. The van der Waals surface area contributed by atoms with Gasteiger partial charge in [-0.3, -0.25) is 9.59 Å². The molecule has 1 saturated heterocycles. The molecule has 1 atom stereocenters. The highest BCUT2D eigenvalue weighted by atomic mass is 32.1. The van der Waals surface area contributed by atoms with Gasteiger partial charge in [-0.15, -0.1) is 22.7 Å². The second kappa shape index (κ2) is 9.47. The molecule has 1 aliphatic carbocycles. The van der Waals surface area contributed by atoms with Crippen LogP contribution in [0.2, 0.25) is 0 Å². The maximum absolute atomic E-state index is 12.6. The molecule has 1 fully saturated rings. The first-order valence-corrected chi connectivity index (χ1v) is 12.5. The van der Waals surface area contributed by atoms with Crippen LogP contribution in [0.5, 0.6) is 0 Å². The Morgan fingerprint density at radius 1 is 1.27 bits per heavy atom. The molecule has 0 unspecified atom stereocenters. The number of carbonyl (C=O) groups excluding carboxylic acids is 2. The second-order valence-electron chi connectivity index (χ2n) is 8.39. The number of aromatic nitrogens is 1. The monoisotopic (exact) mass is 446 g/mol. The maximum atomic E-state index is 12.6. The molecular weight excluding hydrogens is 416 g/mol. The number of thiophene rings is 1. The second-order valence-corrected chi connectivity index (χ2v) is 10.5. The molecule has 2 aromatic heterocycles. The molecule has 0 spiro atoms. The molecule has 3 heterocycles. The molecule has 162 valence electrons. The summed E-state index contributed by atoms with van der Waals surface area (Å²) in [5, 5.41) is 6.24. The number of hydrogen-bond donors (Lipinski definition) is 1. The SMILES string of the molecule is CC(C)C(=O)N1CCN(c2nc3c(s2)C[C@@H](C(=O)NCCc2cccs2)CC3)CC1. The van der Waals surface area contributed by atoms with Gasteiger partial charge in [0.05, 0.1) is 5.69 Å². The van der Waals surface area contributed by atoms with Crippen LogP contribution in [0.1, 0.15) is 35.7 Å². The van der Waals surface area contributed by atoms with E-state index in [1.165, 1.54) is 15.4 Å². The van der Waals surface area contributed by atoms with E-state index in [9.17, 15) is 9.59 Å². The van der Waals surface area contributed by atoms with Crippen molar-refractivity contribution in [2.45, 2.75) is 39.5 Å². The number of nitrogens with one attached hydrogen (secondary N) is 1. The Labute approximate surface area is 186 Å². The molecule has 1 N–H and O–H groups in total. The van der Waals surface area contributed by atoms with Crippen LogP contribution in [0.15, 0.2) is 17.5 Å². The van der Waals surface area contributed by atoms with E-state index >= 15 is 0 Å². The van der Waals surface area contributed by atoms with Crippen LogP contribution in [0.25, 0.3) is 0 Å². The zero-order valence-corrected chi connectivity index (χ0v) is 19.4. The molecule has 2 amide bonds. The summed E-state index contributed by atoms with van der Waals surface area (Å²) < 4.78 is 0. The Kier molecular flexibility index (Phi) is 6.73. The molecule has 2 aromatic rings. The summed E-state index contributed by atoms with van der Waals surface area (Å²) in [5.74, 6) is 0.515.